The van der Waals surface area contributed by atoms with Crippen LogP contribution in [0.5, 0.6) is 5.75 Å². The minimum atomic E-state index is -0.516. The first-order chi connectivity index (χ1) is 14.2. The third-order valence-electron chi connectivity index (χ3n) is 6.79. The topological polar surface area (TPSA) is 93.5 Å². The fourth-order valence-electron chi connectivity index (χ4n) is 4.45. The molecule has 1 aliphatic heterocycles. The predicted molar refractivity (Wildman–Crippen MR) is 117 cm³/mol. The predicted octanol–water partition coefficient (Wildman–Crippen LogP) is 5.06. The van der Waals surface area contributed by atoms with Gasteiger partial charge >= 0.3 is 5.69 Å². The largest absolute Gasteiger partial charge is 0.490 e. The number of methoxy groups -OCH3 is 1. The molecule has 0 spiro atoms. The summed E-state index contributed by atoms with van der Waals surface area (Å²) in [5, 5.41) is 18.6. The van der Waals surface area contributed by atoms with Crippen LogP contribution in [-0.4, -0.2) is 17.9 Å². The van der Waals surface area contributed by atoms with E-state index in [1.54, 1.807) is 23.5 Å². The number of nitro benzene ring substituents is 1. The van der Waals surface area contributed by atoms with Crippen LogP contribution in [0, 0.1) is 21.4 Å². The molecule has 4 rings (SSSR count). The summed E-state index contributed by atoms with van der Waals surface area (Å²) in [6.45, 7) is 6.89. The zero-order valence-corrected chi connectivity index (χ0v) is 18.5. The maximum Gasteiger partial charge on any atom is 0.311 e. The molecule has 0 saturated heterocycles. The molecule has 0 radical (unpaired) electrons. The van der Waals surface area contributed by atoms with Gasteiger partial charge in [-0.25, -0.2) is 0 Å². The first-order valence-corrected chi connectivity index (χ1v) is 11.1. The van der Waals surface area contributed by atoms with Crippen molar-refractivity contribution in [1.29, 1.82) is 0 Å². The van der Waals surface area contributed by atoms with E-state index in [-0.39, 0.29) is 22.8 Å². The summed E-state index contributed by atoms with van der Waals surface area (Å²) < 4.78 is 5.08. The van der Waals surface area contributed by atoms with Gasteiger partial charge in [0.25, 0.3) is 5.91 Å². The van der Waals surface area contributed by atoms with Gasteiger partial charge in [0.15, 0.2) is 5.75 Å². The lowest BCUT2D eigenvalue weighted by Gasteiger charge is -2.36. The fraction of sp³-hybridized carbons (Fsp3) is 0.500. The quantitative estimate of drug-likeness (QED) is 0.512. The highest BCUT2D eigenvalue weighted by Gasteiger charge is 2.37. The Morgan fingerprint density at radius 3 is 2.77 bits per heavy atom. The number of thiophene rings is 1. The molecule has 2 aromatic rings. The number of nitrogens with one attached hydrogen (secondary N) is 2. The number of nitrogens with zero attached hydrogens (tertiary/aromatic N) is 1. The second-order valence-electron chi connectivity index (χ2n) is 8.73. The minimum absolute atomic E-state index is 0.113. The van der Waals surface area contributed by atoms with Crippen LogP contribution in [0.15, 0.2) is 18.2 Å². The molecule has 2 N–H and O–H groups in total. The summed E-state index contributed by atoms with van der Waals surface area (Å²) in [4.78, 5) is 25.2. The summed E-state index contributed by atoms with van der Waals surface area (Å²) in [7, 11) is 1.40. The number of nitro groups is 1. The van der Waals surface area contributed by atoms with Crippen molar-refractivity contribution in [3.8, 4) is 5.75 Å². The van der Waals surface area contributed by atoms with Crippen molar-refractivity contribution in [1.82, 2.24) is 5.32 Å². The number of hydrogen-bond acceptors (Lipinski definition) is 6. The van der Waals surface area contributed by atoms with Crippen molar-refractivity contribution in [2.45, 2.75) is 52.6 Å². The van der Waals surface area contributed by atoms with Crippen molar-refractivity contribution in [3.63, 3.8) is 0 Å². The summed E-state index contributed by atoms with van der Waals surface area (Å²) >= 11 is 1.66. The molecule has 0 saturated carbocycles. The lowest BCUT2D eigenvalue weighted by atomic mass is 9.69. The molecule has 1 aromatic heterocycles. The number of fused-ring (bicyclic) bond motifs is 3. The van der Waals surface area contributed by atoms with E-state index in [9.17, 15) is 14.9 Å². The van der Waals surface area contributed by atoms with Gasteiger partial charge in [0.1, 0.15) is 11.2 Å². The van der Waals surface area contributed by atoms with Gasteiger partial charge in [-0.15, -0.1) is 11.3 Å². The van der Waals surface area contributed by atoms with Crippen LogP contribution in [0.25, 0.3) is 0 Å². The van der Waals surface area contributed by atoms with Crippen molar-refractivity contribution in [2.24, 2.45) is 11.3 Å². The van der Waals surface area contributed by atoms with Gasteiger partial charge < -0.3 is 15.4 Å². The van der Waals surface area contributed by atoms with Crippen molar-refractivity contribution >= 4 is 27.9 Å². The van der Waals surface area contributed by atoms with Crippen molar-refractivity contribution in [2.75, 3.05) is 12.4 Å². The third-order valence-corrected chi connectivity index (χ3v) is 7.98. The van der Waals surface area contributed by atoms with Gasteiger partial charge in [-0.2, -0.15) is 0 Å². The highest BCUT2D eigenvalue weighted by molar-refractivity contribution is 7.16. The Hall–Kier alpha value is -2.61. The monoisotopic (exact) mass is 429 g/mol. The van der Waals surface area contributed by atoms with Crippen molar-refractivity contribution < 1.29 is 14.5 Å². The molecule has 2 atom stereocenters. The fourth-order valence-corrected chi connectivity index (χ4v) is 5.80. The van der Waals surface area contributed by atoms with Gasteiger partial charge in [0.05, 0.1) is 17.6 Å². The highest BCUT2D eigenvalue weighted by Crippen LogP contribution is 2.47. The van der Waals surface area contributed by atoms with Gasteiger partial charge in [-0.3, -0.25) is 14.9 Å². The van der Waals surface area contributed by atoms with Crippen LogP contribution in [0.4, 0.5) is 10.7 Å². The van der Waals surface area contributed by atoms with Gasteiger partial charge in [-0.1, -0.05) is 33.3 Å². The zero-order chi connectivity index (χ0) is 21.6. The standard InChI is InChI=1S/C22H27N3O4S/c1-5-22(2,3)13-7-8-14-17(11-13)30-21-18(14)20(26)23-19(24-21)12-6-9-16(29-4)15(10-12)25(27)28/h6,9-10,13,19,24H,5,7-8,11H2,1-4H3,(H,23,26)/t13-,19+/m1/s1. The Morgan fingerprint density at radius 2 is 2.10 bits per heavy atom. The molecule has 30 heavy (non-hydrogen) atoms. The minimum Gasteiger partial charge on any atom is -0.490 e. The molecule has 160 valence electrons. The smallest absolute Gasteiger partial charge is 0.311 e. The Balaban J connectivity index is 1.64. The van der Waals surface area contributed by atoms with E-state index in [0.29, 0.717) is 11.5 Å². The maximum absolute atomic E-state index is 13.0. The van der Waals surface area contributed by atoms with Gasteiger partial charge in [0, 0.05) is 16.5 Å². The second-order valence-corrected chi connectivity index (χ2v) is 9.83. The summed E-state index contributed by atoms with van der Waals surface area (Å²) in [6.07, 6.45) is 3.63. The van der Waals surface area contributed by atoms with Crippen molar-refractivity contribution in [3.05, 3.63) is 49.9 Å². The van der Waals surface area contributed by atoms with Crippen LogP contribution in [0.3, 0.4) is 0 Å². The van der Waals surface area contributed by atoms with E-state index in [1.165, 1.54) is 23.6 Å². The molecule has 2 heterocycles. The average molecular weight is 430 g/mol. The Kier molecular flexibility index (Phi) is 5.22. The number of carbonyl (C=O) groups is 1. The number of hydrogen-bond donors (Lipinski definition) is 2. The Bertz CT molecular complexity index is 1010. The molecule has 7 nitrogen and oxygen atoms in total. The average Bonchev–Trinajstić information content (AvgIpc) is 3.11. The number of ether oxygens (including phenoxy) is 1. The number of carbonyl (C=O) groups excluding carboxylic acids is 1. The zero-order valence-electron chi connectivity index (χ0n) is 17.7. The molecule has 8 heteroatoms. The first kappa shape index (κ1) is 20.7. The first-order valence-electron chi connectivity index (χ1n) is 10.3. The summed E-state index contributed by atoms with van der Waals surface area (Å²) in [5.74, 6) is 0.693. The van der Waals surface area contributed by atoms with Crippen LogP contribution in [-0.2, 0) is 12.8 Å². The van der Waals surface area contributed by atoms with E-state index < -0.39 is 11.1 Å². The lowest BCUT2D eigenvalue weighted by Crippen LogP contribution is -2.38. The number of amides is 1. The Labute approximate surface area is 180 Å². The van der Waals surface area contributed by atoms with Gasteiger partial charge in [0.2, 0.25) is 0 Å². The molecule has 0 unspecified atom stereocenters. The van der Waals surface area contributed by atoms with E-state index in [0.717, 1.165) is 36.2 Å². The van der Waals surface area contributed by atoms with Crippen LogP contribution < -0.4 is 15.4 Å². The summed E-state index contributed by atoms with van der Waals surface area (Å²) in [6, 6.07) is 4.75. The normalized spacial score (nSPS) is 20.6. The van der Waals surface area contributed by atoms with E-state index in [2.05, 4.69) is 31.4 Å². The molecule has 1 aliphatic carbocycles. The van der Waals surface area contributed by atoms with Crippen LogP contribution in [0.2, 0.25) is 0 Å². The van der Waals surface area contributed by atoms with E-state index in [1.807, 2.05) is 0 Å². The molecule has 1 aromatic carbocycles. The summed E-state index contributed by atoms with van der Waals surface area (Å²) in [5.41, 5.74) is 2.71. The molecule has 2 aliphatic rings. The van der Waals surface area contributed by atoms with E-state index >= 15 is 0 Å². The Morgan fingerprint density at radius 1 is 1.33 bits per heavy atom. The molecular weight excluding hydrogens is 402 g/mol. The second kappa shape index (κ2) is 7.58. The third kappa shape index (κ3) is 3.43. The number of anilines is 1. The van der Waals surface area contributed by atoms with Crippen LogP contribution in [0.1, 0.15) is 66.1 Å². The molecule has 0 bridgehead atoms. The molecule has 0 fully saturated rings. The molecule has 1 amide bonds. The van der Waals surface area contributed by atoms with E-state index in [4.69, 9.17) is 4.74 Å². The SMILES string of the molecule is CCC(C)(C)[C@@H]1CCc2c(sc3c2C(=O)N[C@H](c2ccc(OC)c([N+](=O)[O-])c2)N3)C1. The van der Waals surface area contributed by atoms with Gasteiger partial charge in [-0.05, 0) is 42.2 Å². The molecular formula is C22H27N3O4S. The lowest BCUT2D eigenvalue weighted by molar-refractivity contribution is -0.385. The highest BCUT2D eigenvalue weighted by atomic mass is 32.1. The van der Waals surface area contributed by atoms with Crippen LogP contribution >= 0.6 is 11.3 Å². The number of rotatable bonds is 5. The number of benzene rings is 1. The maximum atomic E-state index is 13.0.